The predicted octanol–water partition coefficient (Wildman–Crippen LogP) is 3.79. The monoisotopic (exact) mass is 219 g/mol. The van der Waals surface area contributed by atoms with Crippen LogP contribution < -0.4 is 5.32 Å². The Morgan fingerprint density at radius 3 is 1.94 bits per heavy atom. The van der Waals surface area contributed by atoms with Gasteiger partial charge in [0.1, 0.15) is 0 Å². The number of nitrogens with one attached hydrogen (secondary N) is 1. The largest absolute Gasteiger partial charge is 0.311 e. The molecule has 0 aromatic heterocycles. The average Bonchev–Trinajstić information content (AvgIpc) is 2.35. The molecule has 0 amide bonds. The first-order valence-electron chi connectivity index (χ1n) is 6.60. The summed E-state index contributed by atoms with van der Waals surface area (Å²) in [6, 6.07) is 12.1. The smallest absolute Gasteiger partial charge is 0.0107 e. The van der Waals surface area contributed by atoms with Crippen molar-refractivity contribution in [3.63, 3.8) is 0 Å². The molecule has 0 saturated carbocycles. The van der Waals surface area contributed by atoms with Crippen LogP contribution in [0.5, 0.6) is 0 Å². The van der Waals surface area contributed by atoms with E-state index in [1.807, 2.05) is 0 Å². The highest BCUT2D eigenvalue weighted by molar-refractivity contribution is 5.15. The molecule has 0 saturated heterocycles. The molecule has 1 rings (SSSR count). The van der Waals surface area contributed by atoms with Gasteiger partial charge in [-0.2, -0.15) is 0 Å². The van der Waals surface area contributed by atoms with Gasteiger partial charge in [0.25, 0.3) is 0 Å². The lowest BCUT2D eigenvalue weighted by Gasteiger charge is -2.23. The number of hydrogen-bond acceptors (Lipinski definition) is 1. The molecule has 0 aliphatic rings. The molecule has 1 N–H and O–H groups in total. The maximum atomic E-state index is 3.75. The lowest BCUT2D eigenvalue weighted by molar-refractivity contribution is 0.396. The second-order valence-electron chi connectivity index (χ2n) is 4.47. The van der Waals surface area contributed by atoms with Crippen molar-refractivity contribution < 1.29 is 0 Å². The Kier molecular flexibility index (Phi) is 6.17. The Balaban J connectivity index is 2.49. The lowest BCUT2D eigenvalue weighted by atomic mass is 10.0. The third-order valence-electron chi connectivity index (χ3n) is 3.27. The summed E-state index contributed by atoms with van der Waals surface area (Å²) in [6.45, 7) is 6.79. The Hall–Kier alpha value is -0.820. The minimum Gasteiger partial charge on any atom is -0.311 e. The van der Waals surface area contributed by atoms with Crippen molar-refractivity contribution in [3.8, 4) is 0 Å². The summed E-state index contributed by atoms with van der Waals surface area (Å²) < 4.78 is 0. The number of hydrogen-bond donors (Lipinski definition) is 1. The van der Waals surface area contributed by atoms with Crippen LogP contribution in [0.1, 0.15) is 45.6 Å². The fourth-order valence-electron chi connectivity index (χ4n) is 2.08. The second-order valence-corrected chi connectivity index (χ2v) is 4.47. The van der Waals surface area contributed by atoms with Crippen LogP contribution in [-0.2, 0) is 6.42 Å². The molecule has 0 aliphatic heterocycles. The fraction of sp³-hybridized carbons (Fsp3) is 0.600. The average molecular weight is 219 g/mol. The van der Waals surface area contributed by atoms with Crippen LogP contribution in [0.2, 0.25) is 0 Å². The first kappa shape index (κ1) is 13.2. The van der Waals surface area contributed by atoms with Crippen molar-refractivity contribution in [1.29, 1.82) is 0 Å². The van der Waals surface area contributed by atoms with E-state index < -0.39 is 0 Å². The standard InChI is InChI=1S/C15H25N/c1-4-14(5-2)16-15(6-3)12-13-10-8-7-9-11-13/h7-11,14-16H,4-6,12H2,1-3H3. The first-order chi connectivity index (χ1) is 7.80. The maximum absolute atomic E-state index is 3.75. The molecule has 0 heterocycles. The van der Waals surface area contributed by atoms with Crippen LogP contribution >= 0.6 is 0 Å². The molecule has 1 heteroatoms. The van der Waals surface area contributed by atoms with E-state index in [1.54, 1.807) is 0 Å². The van der Waals surface area contributed by atoms with Gasteiger partial charge in [-0.3, -0.25) is 0 Å². The molecule has 0 fully saturated rings. The predicted molar refractivity (Wildman–Crippen MR) is 71.7 cm³/mol. The van der Waals surface area contributed by atoms with E-state index in [1.165, 1.54) is 24.8 Å². The lowest BCUT2D eigenvalue weighted by Crippen LogP contribution is -2.38. The second kappa shape index (κ2) is 7.45. The molecule has 1 atom stereocenters. The minimum atomic E-state index is 0.618. The molecule has 1 aromatic carbocycles. The summed E-state index contributed by atoms with van der Waals surface area (Å²) in [5.74, 6) is 0. The normalized spacial score (nSPS) is 13.0. The van der Waals surface area contributed by atoms with Crippen molar-refractivity contribution in [2.24, 2.45) is 0 Å². The van der Waals surface area contributed by atoms with E-state index in [0.29, 0.717) is 12.1 Å². The summed E-state index contributed by atoms with van der Waals surface area (Å²) in [4.78, 5) is 0. The van der Waals surface area contributed by atoms with Crippen molar-refractivity contribution in [2.45, 2.75) is 58.5 Å². The van der Waals surface area contributed by atoms with Gasteiger partial charge in [-0.15, -0.1) is 0 Å². The van der Waals surface area contributed by atoms with Crippen molar-refractivity contribution in [2.75, 3.05) is 0 Å². The van der Waals surface area contributed by atoms with Gasteiger partial charge < -0.3 is 5.32 Å². The van der Waals surface area contributed by atoms with E-state index in [9.17, 15) is 0 Å². The SMILES string of the molecule is CCC(CC)NC(CC)Cc1ccccc1. The molecule has 1 nitrogen and oxygen atoms in total. The molecule has 0 radical (unpaired) electrons. The Labute approximate surface area is 100 Å². The summed E-state index contributed by atoms with van der Waals surface area (Å²) in [7, 11) is 0. The number of benzene rings is 1. The summed E-state index contributed by atoms with van der Waals surface area (Å²) >= 11 is 0. The van der Waals surface area contributed by atoms with E-state index >= 15 is 0 Å². The fourth-order valence-corrected chi connectivity index (χ4v) is 2.08. The minimum absolute atomic E-state index is 0.618. The van der Waals surface area contributed by atoms with Gasteiger partial charge in [0, 0.05) is 12.1 Å². The summed E-state index contributed by atoms with van der Waals surface area (Å²) in [6.07, 6.45) is 4.79. The van der Waals surface area contributed by atoms with Gasteiger partial charge >= 0.3 is 0 Å². The zero-order chi connectivity index (χ0) is 11.8. The van der Waals surface area contributed by atoms with Gasteiger partial charge in [-0.1, -0.05) is 51.1 Å². The van der Waals surface area contributed by atoms with Crippen LogP contribution in [0.15, 0.2) is 30.3 Å². The molecule has 1 aromatic rings. The highest BCUT2D eigenvalue weighted by Gasteiger charge is 2.11. The zero-order valence-electron chi connectivity index (χ0n) is 10.9. The van der Waals surface area contributed by atoms with Crippen LogP contribution in [0.3, 0.4) is 0 Å². The van der Waals surface area contributed by atoms with Crippen LogP contribution in [0.25, 0.3) is 0 Å². The first-order valence-corrected chi connectivity index (χ1v) is 6.60. The summed E-state index contributed by atoms with van der Waals surface area (Å²) in [5.41, 5.74) is 1.44. The number of rotatable bonds is 7. The zero-order valence-corrected chi connectivity index (χ0v) is 10.9. The maximum Gasteiger partial charge on any atom is 0.0107 e. The molecule has 0 aliphatic carbocycles. The molecule has 16 heavy (non-hydrogen) atoms. The van der Waals surface area contributed by atoms with Crippen molar-refractivity contribution >= 4 is 0 Å². The summed E-state index contributed by atoms with van der Waals surface area (Å²) in [5, 5.41) is 3.75. The van der Waals surface area contributed by atoms with Gasteiger partial charge in [0.2, 0.25) is 0 Å². The third-order valence-corrected chi connectivity index (χ3v) is 3.27. The Morgan fingerprint density at radius 2 is 1.44 bits per heavy atom. The highest BCUT2D eigenvalue weighted by atomic mass is 14.9. The van der Waals surface area contributed by atoms with Crippen molar-refractivity contribution in [3.05, 3.63) is 35.9 Å². The van der Waals surface area contributed by atoms with Gasteiger partial charge in [-0.05, 0) is 31.2 Å². The van der Waals surface area contributed by atoms with E-state index in [0.717, 1.165) is 6.42 Å². The molecule has 90 valence electrons. The van der Waals surface area contributed by atoms with Gasteiger partial charge in [0.15, 0.2) is 0 Å². The molecular weight excluding hydrogens is 194 g/mol. The van der Waals surface area contributed by atoms with E-state index in [4.69, 9.17) is 0 Å². The quantitative estimate of drug-likeness (QED) is 0.736. The van der Waals surface area contributed by atoms with Gasteiger partial charge in [-0.25, -0.2) is 0 Å². The Morgan fingerprint density at radius 1 is 0.875 bits per heavy atom. The van der Waals surface area contributed by atoms with Crippen molar-refractivity contribution in [1.82, 2.24) is 5.32 Å². The van der Waals surface area contributed by atoms with Gasteiger partial charge in [0.05, 0.1) is 0 Å². The third kappa shape index (κ3) is 4.36. The van der Waals surface area contributed by atoms with E-state index in [2.05, 4.69) is 56.4 Å². The highest BCUT2D eigenvalue weighted by Crippen LogP contribution is 2.08. The Bertz CT molecular complexity index is 264. The van der Waals surface area contributed by atoms with E-state index in [-0.39, 0.29) is 0 Å². The molecule has 1 unspecified atom stereocenters. The molecular formula is C15H25N. The van der Waals surface area contributed by atoms with Crippen LogP contribution in [0.4, 0.5) is 0 Å². The topological polar surface area (TPSA) is 12.0 Å². The molecule has 0 spiro atoms. The van der Waals surface area contributed by atoms with Crippen LogP contribution in [-0.4, -0.2) is 12.1 Å². The van der Waals surface area contributed by atoms with Crippen LogP contribution in [0, 0.1) is 0 Å². The molecule has 0 bridgehead atoms.